The van der Waals surface area contributed by atoms with E-state index in [2.05, 4.69) is 32.8 Å². The van der Waals surface area contributed by atoms with Crippen molar-refractivity contribution < 1.29 is 9.53 Å². The minimum Gasteiger partial charge on any atom is -0.486 e. The Kier molecular flexibility index (Phi) is 6.97. The second-order valence-corrected chi connectivity index (χ2v) is 6.73. The van der Waals surface area contributed by atoms with E-state index in [0.29, 0.717) is 35.8 Å². The predicted octanol–water partition coefficient (Wildman–Crippen LogP) is 3.75. The van der Waals surface area contributed by atoms with Crippen LogP contribution in [-0.2, 0) is 13.0 Å². The van der Waals surface area contributed by atoms with Gasteiger partial charge in [-0.2, -0.15) is 0 Å². The third-order valence-electron chi connectivity index (χ3n) is 4.22. The van der Waals surface area contributed by atoms with Gasteiger partial charge in [-0.3, -0.25) is 4.79 Å². The fourth-order valence-electron chi connectivity index (χ4n) is 2.73. The average molecular weight is 421 g/mol. The van der Waals surface area contributed by atoms with Gasteiger partial charge in [0, 0.05) is 13.1 Å². The van der Waals surface area contributed by atoms with Crippen LogP contribution in [0.4, 0.5) is 5.95 Å². The zero-order chi connectivity index (χ0) is 19.3. The zero-order valence-corrected chi connectivity index (χ0v) is 17.3. The number of aromatic nitrogens is 2. The van der Waals surface area contributed by atoms with Gasteiger partial charge in [-0.15, -0.1) is 0 Å². The molecular weight excluding hydrogens is 396 g/mol. The van der Waals surface area contributed by atoms with E-state index in [-0.39, 0.29) is 18.5 Å². The SMILES string of the molecule is CCc1ccc(OCc2nc(N)nc(C)c2C(=O)N(CC)CC)c(Br)c1. The molecule has 0 saturated carbocycles. The number of carbonyl (C=O) groups is 1. The number of halogens is 1. The summed E-state index contributed by atoms with van der Waals surface area (Å²) in [7, 11) is 0. The molecule has 1 aromatic heterocycles. The van der Waals surface area contributed by atoms with Gasteiger partial charge in [-0.1, -0.05) is 13.0 Å². The van der Waals surface area contributed by atoms with Crippen molar-refractivity contribution in [3.63, 3.8) is 0 Å². The van der Waals surface area contributed by atoms with Crippen LogP contribution in [0.2, 0.25) is 0 Å². The van der Waals surface area contributed by atoms with Crippen LogP contribution in [0.25, 0.3) is 0 Å². The van der Waals surface area contributed by atoms with Gasteiger partial charge < -0.3 is 15.4 Å². The molecule has 6 nitrogen and oxygen atoms in total. The third-order valence-corrected chi connectivity index (χ3v) is 4.84. The lowest BCUT2D eigenvalue weighted by atomic mass is 10.1. The lowest BCUT2D eigenvalue weighted by molar-refractivity contribution is 0.0768. The number of ether oxygens (including phenoxy) is 1. The molecule has 0 bridgehead atoms. The van der Waals surface area contributed by atoms with Crippen molar-refractivity contribution >= 4 is 27.8 Å². The van der Waals surface area contributed by atoms with Crippen molar-refractivity contribution in [1.29, 1.82) is 0 Å². The summed E-state index contributed by atoms with van der Waals surface area (Å²) in [4.78, 5) is 23.0. The maximum Gasteiger partial charge on any atom is 0.257 e. The van der Waals surface area contributed by atoms with Crippen molar-refractivity contribution in [3.8, 4) is 5.75 Å². The highest BCUT2D eigenvalue weighted by Gasteiger charge is 2.22. The number of hydrogen-bond acceptors (Lipinski definition) is 5. The Morgan fingerprint density at radius 2 is 1.92 bits per heavy atom. The topological polar surface area (TPSA) is 81.3 Å². The highest BCUT2D eigenvalue weighted by atomic mass is 79.9. The summed E-state index contributed by atoms with van der Waals surface area (Å²) < 4.78 is 6.77. The van der Waals surface area contributed by atoms with E-state index in [1.54, 1.807) is 11.8 Å². The summed E-state index contributed by atoms with van der Waals surface area (Å²) in [5, 5.41) is 0. The van der Waals surface area contributed by atoms with Crippen LogP contribution in [0, 0.1) is 6.92 Å². The number of nitrogen functional groups attached to an aromatic ring is 1. The number of amides is 1. The minimum absolute atomic E-state index is 0.105. The first-order valence-corrected chi connectivity index (χ1v) is 9.53. The van der Waals surface area contributed by atoms with E-state index in [9.17, 15) is 4.79 Å². The first kappa shape index (κ1) is 20.2. The largest absolute Gasteiger partial charge is 0.486 e. The Morgan fingerprint density at radius 1 is 1.23 bits per heavy atom. The molecule has 0 radical (unpaired) electrons. The van der Waals surface area contributed by atoms with Gasteiger partial charge in [0.15, 0.2) is 0 Å². The number of carbonyl (C=O) groups excluding carboxylic acids is 1. The van der Waals surface area contributed by atoms with E-state index in [1.807, 2.05) is 32.0 Å². The number of nitrogens with two attached hydrogens (primary N) is 1. The molecule has 2 rings (SSSR count). The van der Waals surface area contributed by atoms with E-state index < -0.39 is 0 Å². The maximum absolute atomic E-state index is 12.9. The van der Waals surface area contributed by atoms with Gasteiger partial charge in [0.05, 0.1) is 21.4 Å². The van der Waals surface area contributed by atoms with Crippen LogP contribution in [0.15, 0.2) is 22.7 Å². The Hall–Kier alpha value is -2.15. The molecule has 0 unspecified atom stereocenters. The molecular formula is C19H25BrN4O2. The fraction of sp³-hybridized carbons (Fsp3) is 0.421. The van der Waals surface area contributed by atoms with E-state index in [1.165, 1.54) is 5.56 Å². The summed E-state index contributed by atoms with van der Waals surface area (Å²) >= 11 is 3.53. The molecule has 7 heteroatoms. The molecule has 0 atom stereocenters. The van der Waals surface area contributed by atoms with Gasteiger partial charge in [0.1, 0.15) is 12.4 Å². The van der Waals surface area contributed by atoms with E-state index >= 15 is 0 Å². The van der Waals surface area contributed by atoms with Crippen molar-refractivity contribution in [2.45, 2.75) is 40.7 Å². The molecule has 2 N–H and O–H groups in total. The average Bonchev–Trinajstić information content (AvgIpc) is 2.61. The number of nitrogens with zero attached hydrogens (tertiary/aromatic N) is 3. The molecule has 0 spiro atoms. The van der Waals surface area contributed by atoms with Crippen LogP contribution < -0.4 is 10.5 Å². The first-order valence-electron chi connectivity index (χ1n) is 8.74. The molecule has 1 heterocycles. The second kappa shape index (κ2) is 8.98. The molecule has 140 valence electrons. The zero-order valence-electron chi connectivity index (χ0n) is 15.7. The van der Waals surface area contributed by atoms with Crippen LogP contribution in [-0.4, -0.2) is 33.9 Å². The lowest BCUT2D eigenvalue weighted by Gasteiger charge is -2.21. The number of aryl methyl sites for hydroxylation is 2. The van der Waals surface area contributed by atoms with E-state index in [0.717, 1.165) is 10.9 Å². The van der Waals surface area contributed by atoms with Crippen LogP contribution in [0.5, 0.6) is 5.75 Å². The molecule has 0 fully saturated rings. The predicted molar refractivity (Wildman–Crippen MR) is 106 cm³/mol. The summed E-state index contributed by atoms with van der Waals surface area (Å²) in [6, 6.07) is 5.95. The minimum atomic E-state index is -0.105. The molecule has 2 aromatic rings. The van der Waals surface area contributed by atoms with Crippen molar-refractivity contribution in [2.24, 2.45) is 0 Å². The Morgan fingerprint density at radius 3 is 2.50 bits per heavy atom. The summed E-state index contributed by atoms with van der Waals surface area (Å²) in [6.45, 7) is 9.12. The maximum atomic E-state index is 12.9. The van der Waals surface area contributed by atoms with Gasteiger partial charge in [0.2, 0.25) is 5.95 Å². The monoisotopic (exact) mass is 420 g/mol. The van der Waals surface area contributed by atoms with Crippen LogP contribution in [0.1, 0.15) is 48.1 Å². The van der Waals surface area contributed by atoms with E-state index in [4.69, 9.17) is 10.5 Å². The first-order chi connectivity index (χ1) is 12.4. The van der Waals surface area contributed by atoms with Crippen LogP contribution in [0.3, 0.4) is 0 Å². The summed E-state index contributed by atoms with van der Waals surface area (Å²) in [5.74, 6) is 0.724. The van der Waals surface area contributed by atoms with Gasteiger partial charge in [-0.25, -0.2) is 9.97 Å². The van der Waals surface area contributed by atoms with Crippen molar-refractivity contribution in [2.75, 3.05) is 18.8 Å². The van der Waals surface area contributed by atoms with Crippen molar-refractivity contribution in [1.82, 2.24) is 14.9 Å². The van der Waals surface area contributed by atoms with Gasteiger partial charge >= 0.3 is 0 Å². The Bertz CT molecular complexity index is 791. The van der Waals surface area contributed by atoms with Crippen molar-refractivity contribution in [3.05, 3.63) is 45.2 Å². The quantitative estimate of drug-likeness (QED) is 0.737. The molecule has 0 aliphatic rings. The Labute approximate surface area is 162 Å². The summed E-state index contributed by atoms with van der Waals surface area (Å²) in [6.07, 6.45) is 0.947. The highest BCUT2D eigenvalue weighted by Crippen LogP contribution is 2.27. The summed E-state index contributed by atoms with van der Waals surface area (Å²) in [5.41, 5.74) is 8.53. The Balaban J connectivity index is 2.32. The smallest absolute Gasteiger partial charge is 0.257 e. The molecule has 1 aromatic carbocycles. The number of benzene rings is 1. The normalized spacial score (nSPS) is 10.7. The number of anilines is 1. The molecule has 0 aliphatic carbocycles. The molecule has 0 saturated heterocycles. The highest BCUT2D eigenvalue weighted by molar-refractivity contribution is 9.10. The van der Waals surface area contributed by atoms with Crippen LogP contribution >= 0.6 is 15.9 Å². The lowest BCUT2D eigenvalue weighted by Crippen LogP contribution is -2.32. The third kappa shape index (κ3) is 4.52. The molecule has 26 heavy (non-hydrogen) atoms. The van der Waals surface area contributed by atoms with Gasteiger partial charge in [-0.05, 0) is 60.8 Å². The number of rotatable bonds is 7. The second-order valence-electron chi connectivity index (χ2n) is 5.87. The standard InChI is InChI=1S/C19H25BrN4O2/c1-5-13-8-9-16(14(20)10-13)26-11-15-17(12(4)22-19(21)23-15)18(25)24(6-2)7-3/h8-10H,5-7,11H2,1-4H3,(H2,21,22,23). The van der Waals surface area contributed by atoms with Gasteiger partial charge in [0.25, 0.3) is 5.91 Å². The molecule has 0 aliphatic heterocycles. The number of hydrogen-bond donors (Lipinski definition) is 1. The fourth-order valence-corrected chi connectivity index (χ4v) is 3.28. The molecule has 1 amide bonds.